The van der Waals surface area contributed by atoms with Gasteiger partial charge in [-0.2, -0.15) is 26.3 Å². The highest BCUT2D eigenvalue weighted by molar-refractivity contribution is 5.88. The predicted octanol–water partition coefficient (Wildman–Crippen LogP) is 14.2. The largest absolute Gasteiger partial charge is 0.434 e. The van der Waals surface area contributed by atoms with Crippen molar-refractivity contribution < 1.29 is 55.3 Å². The number of hydrogen-bond acceptors (Lipinski definition) is 9. The zero-order valence-corrected chi connectivity index (χ0v) is 51.1. The number of fused-ring (bicyclic) bond motifs is 4. The number of amides is 3. The van der Waals surface area contributed by atoms with E-state index in [4.69, 9.17) is 19.4 Å². The van der Waals surface area contributed by atoms with Gasteiger partial charge in [-0.1, -0.05) is 109 Å². The van der Waals surface area contributed by atoms with Crippen LogP contribution in [-0.2, 0) is 38.3 Å². The molecule has 14 rings (SSSR count). The van der Waals surface area contributed by atoms with Crippen LogP contribution in [0.5, 0.6) is 0 Å². The van der Waals surface area contributed by atoms with E-state index in [9.17, 15) is 45.8 Å². The minimum absolute atomic E-state index is 0.0845. The molecule has 4 fully saturated rings. The smallest absolute Gasteiger partial charge is 0.427 e. The second kappa shape index (κ2) is 23.8. The zero-order valence-electron chi connectivity index (χ0n) is 51.1. The van der Waals surface area contributed by atoms with Gasteiger partial charge in [0.25, 0.3) is 0 Å². The van der Waals surface area contributed by atoms with Crippen molar-refractivity contribution >= 4 is 40.0 Å². The molecule has 0 spiro atoms. The first kappa shape index (κ1) is 62.1. The Balaban J connectivity index is 0.836. The van der Waals surface area contributed by atoms with Crippen molar-refractivity contribution in [1.29, 1.82) is 0 Å². The number of rotatable bonds is 14. The molecule has 2 saturated heterocycles. The number of benzene rings is 4. The van der Waals surface area contributed by atoms with E-state index < -0.39 is 72.1 Å². The molecule has 20 heteroatoms. The number of H-pyrrole nitrogens is 2. The fourth-order valence-electron chi connectivity index (χ4n) is 14.5. The highest BCUT2D eigenvalue weighted by atomic mass is 19.4. The van der Waals surface area contributed by atoms with E-state index in [-0.39, 0.29) is 41.7 Å². The molecule has 8 aliphatic rings. The molecule has 1 unspecified atom stereocenters. The molecule has 6 aliphatic carbocycles. The molecule has 14 nitrogen and oxygen atoms in total. The summed E-state index contributed by atoms with van der Waals surface area (Å²) in [5.74, 6) is 0.306. The number of halogens is 6. The Bertz CT molecular complexity index is 3540. The van der Waals surface area contributed by atoms with Crippen LogP contribution in [0.15, 0.2) is 72.8 Å². The Hall–Kier alpha value is -6.51. The molecular formula is C67H82F6N8O6. The number of hydrogen-bond donors (Lipinski definition) is 5. The van der Waals surface area contributed by atoms with Crippen molar-refractivity contribution in [2.24, 2.45) is 23.7 Å². The second-order valence-electron chi connectivity index (χ2n) is 27.1. The summed E-state index contributed by atoms with van der Waals surface area (Å²) in [7, 11) is 0. The first-order chi connectivity index (χ1) is 41.0. The molecule has 468 valence electrons. The first-order valence-electron chi connectivity index (χ1n) is 31.2. The van der Waals surface area contributed by atoms with Crippen LogP contribution in [-0.4, -0.2) is 107 Å². The van der Waals surface area contributed by atoms with Crippen LogP contribution in [0.2, 0.25) is 0 Å². The van der Waals surface area contributed by atoms with Gasteiger partial charge in [0.15, 0.2) is 5.60 Å². The average Bonchev–Trinajstić information content (AvgIpc) is 1.98. The van der Waals surface area contributed by atoms with Crippen molar-refractivity contribution in [2.45, 2.75) is 218 Å². The summed E-state index contributed by atoms with van der Waals surface area (Å²) in [4.78, 5) is 63.8. The van der Waals surface area contributed by atoms with Gasteiger partial charge in [-0.05, 0) is 184 Å². The number of carbonyl (C=O) groups excluding carboxylic acids is 3. The van der Waals surface area contributed by atoms with Gasteiger partial charge in [0.1, 0.15) is 17.7 Å². The maximum Gasteiger partial charge on any atom is 0.427 e. The van der Waals surface area contributed by atoms with E-state index in [0.29, 0.717) is 24.5 Å². The number of nitrogens with zero attached hydrogens (tertiary/aromatic N) is 4. The Morgan fingerprint density at radius 2 is 1.14 bits per heavy atom. The fraction of sp³-hybridized carbons (Fsp3) is 0.567. The molecular weight excluding hydrogens is 1130 g/mol. The molecule has 2 aliphatic heterocycles. The number of aromatic nitrogens is 4. The van der Waals surface area contributed by atoms with Crippen molar-refractivity contribution in [1.82, 2.24) is 40.4 Å². The van der Waals surface area contributed by atoms with Crippen LogP contribution >= 0.6 is 0 Å². The van der Waals surface area contributed by atoms with Gasteiger partial charge in [0.2, 0.25) is 23.8 Å². The standard InChI is InChI=1S/C67H82F6N8O6/c1-35(2)56(78-62(84)86-64(6,7)66(68,69)70)60(82)80-52-16-12-10-14-44(52)33-54(80)58-74-48-26-24-42(31-50(48)76-58)46-29-38-18-20-39-22-23-40(37(5)28-41(46)21-19-38)30-47(39)43-25-27-49-51(32-43)77-59(75-49)55-34-45-15-11-13-17-53(45)81(55)61(83)57(36(3)4)79-63(85)87-65(8,9)67(71,72)73/h19,21-27,29-32,35-37,44-45,52-57,63,79,85H,10-18,20,28,33-34H2,1-9H3,(H,74,76)(H,75,77)(H,78,84)/t37-,44+,45+,52+,53+,54+,55+,56+,57+,63?/m1/s1. The van der Waals surface area contributed by atoms with Crippen molar-refractivity contribution in [3.8, 4) is 22.3 Å². The molecule has 6 aromatic rings. The summed E-state index contributed by atoms with van der Waals surface area (Å²) >= 11 is 0. The first-order valence-corrected chi connectivity index (χ1v) is 31.2. The topological polar surface area (TPSA) is 178 Å². The number of aromatic amines is 2. The number of nitrogens with one attached hydrogen (secondary N) is 4. The van der Waals surface area contributed by atoms with Crippen LogP contribution in [0.25, 0.3) is 44.3 Å². The van der Waals surface area contributed by atoms with Gasteiger partial charge in [0, 0.05) is 12.1 Å². The number of ether oxygens (including phenoxy) is 2. The van der Waals surface area contributed by atoms with Crippen molar-refractivity contribution in [3.63, 3.8) is 0 Å². The summed E-state index contributed by atoms with van der Waals surface area (Å²) in [6.07, 6.45) is -1.86. The molecule has 2 aromatic heterocycles. The van der Waals surface area contributed by atoms with E-state index in [0.717, 1.165) is 143 Å². The molecule has 0 radical (unpaired) electrons. The Morgan fingerprint density at radius 3 is 1.67 bits per heavy atom. The minimum Gasteiger partial charge on any atom is -0.434 e. The van der Waals surface area contributed by atoms with Gasteiger partial charge < -0.3 is 39.7 Å². The Morgan fingerprint density at radius 1 is 0.632 bits per heavy atom. The predicted molar refractivity (Wildman–Crippen MR) is 320 cm³/mol. The lowest BCUT2D eigenvalue weighted by Gasteiger charge is -2.38. The number of aryl methyl sites for hydroxylation is 2. The number of alkyl carbamates (subject to hydrolysis) is 1. The SMILES string of the molecule is CC(C)[C@H](NC(=O)OC(C)(C)C(F)(F)F)C(=O)N1[C@H](c2nc3ccc(-c4cc5ccc4C[C@@H](C)c4ccc(c(-c6ccc7nc([C@@H]8C[C@@H]9CCCC[C@@H]9N8C(=O)[C@@H](NC(O)OC(C)(C)C(F)(F)F)C(C)C)[nH]c7c6)c4)CC5)cc3[nH]2)C[C@@H]2CCCC[C@@H]21. The second-order valence-corrected chi connectivity index (χ2v) is 27.1. The molecule has 2 saturated carbocycles. The van der Waals surface area contributed by atoms with Crippen LogP contribution in [0.3, 0.4) is 0 Å². The van der Waals surface area contributed by atoms with E-state index in [2.05, 4.69) is 88.2 Å². The lowest BCUT2D eigenvalue weighted by atomic mass is 9.84. The highest BCUT2D eigenvalue weighted by Crippen LogP contribution is 2.49. The molecule has 5 N–H and O–H groups in total. The Labute approximate surface area is 504 Å². The monoisotopic (exact) mass is 1210 g/mol. The quantitative estimate of drug-likeness (QED) is 0.0524. The van der Waals surface area contributed by atoms with Gasteiger partial charge >= 0.3 is 18.4 Å². The van der Waals surface area contributed by atoms with Crippen LogP contribution in [0, 0.1) is 23.7 Å². The van der Waals surface area contributed by atoms with E-state index >= 15 is 0 Å². The van der Waals surface area contributed by atoms with E-state index in [1.165, 1.54) is 22.3 Å². The summed E-state index contributed by atoms with van der Waals surface area (Å²) < 4.78 is 92.4. The number of aliphatic hydroxyl groups is 1. The molecule has 4 bridgehead atoms. The molecule has 4 heterocycles. The van der Waals surface area contributed by atoms with Gasteiger partial charge in [-0.15, -0.1) is 0 Å². The number of carbonyl (C=O) groups is 3. The summed E-state index contributed by atoms with van der Waals surface area (Å²) in [5, 5.41) is 16.0. The third-order valence-electron chi connectivity index (χ3n) is 19.6. The van der Waals surface area contributed by atoms with E-state index in [1.807, 2.05) is 21.9 Å². The maximum absolute atomic E-state index is 14.8. The van der Waals surface area contributed by atoms with Crippen LogP contribution in [0.4, 0.5) is 31.1 Å². The minimum atomic E-state index is -4.81. The molecule has 87 heavy (non-hydrogen) atoms. The van der Waals surface area contributed by atoms with Crippen molar-refractivity contribution in [2.75, 3.05) is 0 Å². The van der Waals surface area contributed by atoms with E-state index in [1.54, 1.807) is 27.7 Å². The third-order valence-corrected chi connectivity index (χ3v) is 19.6. The maximum atomic E-state index is 14.8. The summed E-state index contributed by atoms with van der Waals surface area (Å²) in [6.45, 7) is 12.6. The van der Waals surface area contributed by atoms with Gasteiger partial charge in [0.05, 0.1) is 40.2 Å². The number of aliphatic hydroxyl groups excluding tert-OH is 1. The number of imidazole rings is 2. The van der Waals surface area contributed by atoms with Crippen molar-refractivity contribution in [3.05, 3.63) is 107 Å². The van der Waals surface area contributed by atoms with Gasteiger partial charge in [-0.25, -0.2) is 14.8 Å². The Kier molecular flexibility index (Phi) is 17.0. The lowest BCUT2D eigenvalue weighted by Crippen LogP contribution is -2.57. The summed E-state index contributed by atoms with van der Waals surface area (Å²) in [6, 6.07) is 22.8. The molecule has 3 amide bonds. The van der Waals surface area contributed by atoms with Gasteiger partial charge in [-0.3, -0.25) is 14.9 Å². The zero-order chi connectivity index (χ0) is 62.2. The number of likely N-dealkylation sites (tertiary alicyclic amines) is 2. The van der Waals surface area contributed by atoms with Crippen LogP contribution in [0.1, 0.15) is 178 Å². The fourth-order valence-corrected chi connectivity index (χ4v) is 14.5. The normalized spacial score (nSPS) is 23.9. The summed E-state index contributed by atoms with van der Waals surface area (Å²) in [5.41, 5.74) is 6.76. The highest BCUT2D eigenvalue weighted by Gasteiger charge is 2.54. The average molecular weight is 1210 g/mol. The lowest BCUT2D eigenvalue weighted by molar-refractivity contribution is -0.310. The number of alkyl halides is 6. The van der Waals surface area contributed by atoms with Crippen LogP contribution < -0.4 is 10.6 Å². The molecule has 10 atom stereocenters. The third kappa shape index (κ3) is 12.4. The molecule has 4 aromatic carbocycles.